The second kappa shape index (κ2) is 5.53. The van der Waals surface area contributed by atoms with Gasteiger partial charge < -0.3 is 5.32 Å². The van der Waals surface area contributed by atoms with Crippen molar-refractivity contribution in [3.05, 3.63) is 50.7 Å². The standard InChI is InChI=1S/C15H17ClN2S/c1-18(10-13-3-5-15(16)19-13)9-11-2-4-14-12(8-11)6-7-17-14/h2-5,8,17H,6-7,9-10H2,1H3. The SMILES string of the molecule is CN(Cc1ccc2c(c1)CCN2)Cc1ccc(Cl)s1. The van der Waals surface area contributed by atoms with Crippen molar-refractivity contribution in [2.75, 3.05) is 18.9 Å². The van der Waals surface area contributed by atoms with Crippen LogP contribution in [-0.2, 0) is 19.5 Å². The highest BCUT2D eigenvalue weighted by atomic mass is 35.5. The average Bonchev–Trinajstić information content (AvgIpc) is 2.97. The van der Waals surface area contributed by atoms with Gasteiger partial charge in [0.2, 0.25) is 0 Å². The van der Waals surface area contributed by atoms with Crippen molar-refractivity contribution in [1.29, 1.82) is 0 Å². The first-order chi connectivity index (χ1) is 9.20. The maximum atomic E-state index is 5.96. The molecular weight excluding hydrogens is 276 g/mol. The normalized spacial score (nSPS) is 13.6. The Morgan fingerprint density at radius 3 is 2.95 bits per heavy atom. The van der Waals surface area contributed by atoms with Gasteiger partial charge >= 0.3 is 0 Å². The van der Waals surface area contributed by atoms with E-state index >= 15 is 0 Å². The Labute approximate surface area is 123 Å². The summed E-state index contributed by atoms with van der Waals surface area (Å²) in [4.78, 5) is 3.64. The van der Waals surface area contributed by atoms with Gasteiger partial charge in [-0.2, -0.15) is 0 Å². The van der Waals surface area contributed by atoms with Gasteiger partial charge in [0.15, 0.2) is 0 Å². The van der Waals surface area contributed by atoms with Gasteiger partial charge in [-0.1, -0.05) is 23.7 Å². The lowest BCUT2D eigenvalue weighted by Crippen LogP contribution is -2.16. The van der Waals surface area contributed by atoms with Crippen LogP contribution in [0.1, 0.15) is 16.0 Å². The van der Waals surface area contributed by atoms with E-state index in [9.17, 15) is 0 Å². The molecule has 0 radical (unpaired) electrons. The molecule has 0 amide bonds. The first-order valence-corrected chi connectivity index (χ1v) is 7.68. The van der Waals surface area contributed by atoms with Crippen LogP contribution in [0.3, 0.4) is 0 Å². The van der Waals surface area contributed by atoms with E-state index in [0.29, 0.717) is 0 Å². The molecule has 0 atom stereocenters. The zero-order valence-corrected chi connectivity index (χ0v) is 12.5. The smallest absolute Gasteiger partial charge is 0.0931 e. The molecule has 3 rings (SSSR count). The molecule has 0 fully saturated rings. The van der Waals surface area contributed by atoms with Crippen LogP contribution in [0.25, 0.3) is 0 Å². The van der Waals surface area contributed by atoms with Crippen LogP contribution in [0, 0.1) is 0 Å². The predicted molar refractivity (Wildman–Crippen MR) is 83.1 cm³/mol. The molecule has 2 nitrogen and oxygen atoms in total. The molecule has 0 unspecified atom stereocenters. The molecule has 4 heteroatoms. The number of hydrogen-bond acceptors (Lipinski definition) is 3. The summed E-state index contributed by atoms with van der Waals surface area (Å²) in [6, 6.07) is 10.8. The molecule has 0 saturated heterocycles. The van der Waals surface area contributed by atoms with Crippen molar-refractivity contribution >= 4 is 28.6 Å². The molecule has 1 aliphatic heterocycles. The van der Waals surface area contributed by atoms with Crippen molar-refractivity contribution in [1.82, 2.24) is 4.90 Å². The molecule has 0 spiro atoms. The lowest BCUT2D eigenvalue weighted by molar-refractivity contribution is 0.322. The molecule has 0 saturated carbocycles. The van der Waals surface area contributed by atoms with Crippen LogP contribution in [0.5, 0.6) is 0 Å². The minimum atomic E-state index is 0.868. The van der Waals surface area contributed by atoms with Gasteiger partial charge in [-0.25, -0.2) is 0 Å². The summed E-state index contributed by atoms with van der Waals surface area (Å²) in [5.74, 6) is 0. The second-order valence-electron chi connectivity index (χ2n) is 5.05. The van der Waals surface area contributed by atoms with E-state index in [2.05, 4.69) is 41.5 Å². The average molecular weight is 293 g/mol. The van der Waals surface area contributed by atoms with Crippen LogP contribution in [0.2, 0.25) is 4.34 Å². The van der Waals surface area contributed by atoms with Gasteiger partial charge in [-0.3, -0.25) is 4.90 Å². The summed E-state index contributed by atoms with van der Waals surface area (Å²) in [6.45, 7) is 3.00. The fourth-order valence-corrected chi connectivity index (χ4v) is 3.69. The van der Waals surface area contributed by atoms with E-state index in [1.165, 1.54) is 21.7 Å². The zero-order chi connectivity index (χ0) is 13.2. The fourth-order valence-electron chi connectivity index (χ4n) is 2.53. The summed E-state index contributed by atoms with van der Waals surface area (Å²) in [7, 11) is 2.15. The summed E-state index contributed by atoms with van der Waals surface area (Å²) < 4.78 is 0.868. The molecule has 1 aliphatic rings. The lowest BCUT2D eigenvalue weighted by atomic mass is 10.1. The Hall–Kier alpha value is -1.03. The molecule has 0 bridgehead atoms. The first-order valence-electron chi connectivity index (χ1n) is 6.49. The minimum Gasteiger partial charge on any atom is -0.384 e. The van der Waals surface area contributed by atoms with Crippen molar-refractivity contribution < 1.29 is 0 Å². The monoisotopic (exact) mass is 292 g/mol. The van der Waals surface area contributed by atoms with Gasteiger partial charge in [0.25, 0.3) is 0 Å². The van der Waals surface area contributed by atoms with Gasteiger partial charge in [-0.05, 0) is 42.8 Å². The fraction of sp³-hybridized carbons (Fsp3) is 0.333. The third-order valence-corrected chi connectivity index (χ3v) is 4.60. The van der Waals surface area contributed by atoms with E-state index in [1.54, 1.807) is 11.3 Å². The third-order valence-electron chi connectivity index (χ3n) is 3.39. The van der Waals surface area contributed by atoms with Crippen LogP contribution in [0.4, 0.5) is 5.69 Å². The van der Waals surface area contributed by atoms with E-state index in [4.69, 9.17) is 11.6 Å². The maximum Gasteiger partial charge on any atom is 0.0931 e. The molecule has 0 aliphatic carbocycles. The third kappa shape index (κ3) is 3.11. The van der Waals surface area contributed by atoms with Crippen LogP contribution < -0.4 is 5.32 Å². The highest BCUT2D eigenvalue weighted by molar-refractivity contribution is 7.16. The molecule has 2 aromatic rings. The van der Waals surface area contributed by atoms with E-state index < -0.39 is 0 Å². The van der Waals surface area contributed by atoms with Crippen LogP contribution in [0.15, 0.2) is 30.3 Å². The van der Waals surface area contributed by atoms with Crippen molar-refractivity contribution in [3.63, 3.8) is 0 Å². The van der Waals surface area contributed by atoms with E-state index in [-0.39, 0.29) is 0 Å². The number of anilines is 1. The van der Waals surface area contributed by atoms with Crippen molar-refractivity contribution in [2.45, 2.75) is 19.5 Å². The quantitative estimate of drug-likeness (QED) is 0.916. The predicted octanol–water partition coefficient (Wildman–Crippen LogP) is 4.00. The Balaban J connectivity index is 1.64. The summed E-state index contributed by atoms with van der Waals surface area (Å²) in [5, 5.41) is 3.40. The molecule has 1 aromatic heterocycles. The highest BCUT2D eigenvalue weighted by Gasteiger charge is 2.11. The molecule has 100 valence electrons. The second-order valence-corrected chi connectivity index (χ2v) is 6.85. The number of rotatable bonds is 4. The minimum absolute atomic E-state index is 0.868. The molecule has 1 aromatic carbocycles. The van der Waals surface area contributed by atoms with Crippen LogP contribution in [-0.4, -0.2) is 18.5 Å². The van der Waals surface area contributed by atoms with Gasteiger partial charge in [0.05, 0.1) is 4.34 Å². The summed E-state index contributed by atoms with van der Waals surface area (Å²) in [5.41, 5.74) is 4.13. The van der Waals surface area contributed by atoms with E-state index in [1.807, 2.05) is 6.07 Å². The largest absolute Gasteiger partial charge is 0.384 e. The van der Waals surface area contributed by atoms with E-state index in [0.717, 1.165) is 30.4 Å². The van der Waals surface area contributed by atoms with Gasteiger partial charge in [0.1, 0.15) is 0 Å². The number of thiophene rings is 1. The lowest BCUT2D eigenvalue weighted by Gasteiger charge is -2.16. The number of nitrogens with one attached hydrogen (secondary N) is 1. The van der Waals surface area contributed by atoms with Crippen molar-refractivity contribution in [3.8, 4) is 0 Å². The number of nitrogens with zero attached hydrogens (tertiary/aromatic N) is 1. The highest BCUT2D eigenvalue weighted by Crippen LogP contribution is 2.25. The number of hydrogen-bond donors (Lipinski definition) is 1. The zero-order valence-electron chi connectivity index (χ0n) is 10.9. The molecule has 2 heterocycles. The molecule has 1 N–H and O–H groups in total. The van der Waals surface area contributed by atoms with Crippen molar-refractivity contribution in [2.24, 2.45) is 0 Å². The van der Waals surface area contributed by atoms with Gasteiger partial charge in [-0.15, -0.1) is 11.3 Å². The van der Waals surface area contributed by atoms with Crippen LogP contribution >= 0.6 is 22.9 Å². The Kier molecular flexibility index (Phi) is 3.78. The Morgan fingerprint density at radius 2 is 2.16 bits per heavy atom. The Morgan fingerprint density at radius 1 is 1.26 bits per heavy atom. The maximum absolute atomic E-state index is 5.96. The molecule has 19 heavy (non-hydrogen) atoms. The number of fused-ring (bicyclic) bond motifs is 1. The summed E-state index contributed by atoms with van der Waals surface area (Å²) >= 11 is 7.62. The number of halogens is 1. The molecular formula is C15H17ClN2S. The number of benzene rings is 1. The Bertz CT molecular complexity index is 579. The van der Waals surface area contributed by atoms with Gasteiger partial charge in [0, 0.05) is 30.2 Å². The first kappa shape index (κ1) is 13.0. The topological polar surface area (TPSA) is 15.3 Å². The summed E-state index contributed by atoms with van der Waals surface area (Å²) in [6.07, 6.45) is 1.15.